The molecular weight excluding hydrogens is 266 g/mol. The third-order valence-corrected chi connectivity index (χ3v) is 6.07. The molecule has 3 nitrogen and oxygen atoms in total. The minimum atomic E-state index is 0.535. The lowest BCUT2D eigenvalue weighted by atomic mass is 9.94. The minimum Gasteiger partial charge on any atom is -0.352 e. The topological polar surface area (TPSA) is 42.2 Å². The van der Waals surface area contributed by atoms with Crippen molar-refractivity contribution in [2.75, 3.05) is 17.2 Å². The third kappa shape index (κ3) is 2.56. The van der Waals surface area contributed by atoms with E-state index in [1.807, 2.05) is 0 Å². The van der Waals surface area contributed by atoms with E-state index in [2.05, 4.69) is 36.6 Å². The van der Waals surface area contributed by atoms with Gasteiger partial charge in [0.05, 0.1) is 0 Å². The van der Waals surface area contributed by atoms with Gasteiger partial charge in [0.25, 0.3) is 0 Å². The summed E-state index contributed by atoms with van der Waals surface area (Å²) in [7, 11) is 0. The second-order valence-corrected chi connectivity index (χ2v) is 7.48. The van der Waals surface area contributed by atoms with Crippen molar-refractivity contribution in [1.29, 1.82) is 0 Å². The monoisotopic (exact) mass is 291 g/mol. The van der Waals surface area contributed by atoms with Crippen molar-refractivity contribution in [3.63, 3.8) is 0 Å². The van der Waals surface area contributed by atoms with Gasteiger partial charge in [0.15, 0.2) is 0 Å². The number of rotatable bonds is 2. The highest BCUT2D eigenvalue weighted by Crippen LogP contribution is 2.32. The number of pyridine rings is 1. The molecule has 2 atom stereocenters. The van der Waals surface area contributed by atoms with Gasteiger partial charge in [-0.3, -0.25) is 0 Å². The third-order valence-electron chi connectivity index (χ3n) is 4.73. The van der Waals surface area contributed by atoms with Crippen LogP contribution in [-0.2, 0) is 19.4 Å². The standard InChI is InChI=1S/C16H25N3S/c1-11-12(2)20-8-7-19(11)16-14(10-17)9-13-5-3-4-6-15(13)18-16/h9,11-12H,3-8,10,17H2,1-2H3. The van der Waals surface area contributed by atoms with Gasteiger partial charge in [0, 0.05) is 41.4 Å². The lowest BCUT2D eigenvalue weighted by molar-refractivity contribution is 0.608. The number of aromatic nitrogens is 1. The van der Waals surface area contributed by atoms with Gasteiger partial charge in [0.1, 0.15) is 5.82 Å². The first-order chi connectivity index (χ1) is 9.70. The number of aryl methyl sites for hydroxylation is 2. The van der Waals surface area contributed by atoms with Crippen molar-refractivity contribution < 1.29 is 0 Å². The molecule has 110 valence electrons. The van der Waals surface area contributed by atoms with Gasteiger partial charge in [-0.2, -0.15) is 11.8 Å². The van der Waals surface area contributed by atoms with E-state index >= 15 is 0 Å². The van der Waals surface area contributed by atoms with Crippen LogP contribution in [0.4, 0.5) is 5.82 Å². The van der Waals surface area contributed by atoms with Crippen LogP contribution < -0.4 is 10.6 Å². The molecule has 0 aromatic carbocycles. The van der Waals surface area contributed by atoms with E-state index in [4.69, 9.17) is 10.7 Å². The number of nitrogens with two attached hydrogens (primary N) is 1. The van der Waals surface area contributed by atoms with Crippen molar-refractivity contribution in [3.05, 3.63) is 22.9 Å². The van der Waals surface area contributed by atoms with Crippen LogP contribution >= 0.6 is 11.8 Å². The molecule has 0 radical (unpaired) electrons. The van der Waals surface area contributed by atoms with Gasteiger partial charge in [-0.25, -0.2) is 4.98 Å². The Morgan fingerprint density at radius 3 is 2.95 bits per heavy atom. The first-order valence-corrected chi connectivity index (χ1v) is 8.85. The first kappa shape index (κ1) is 14.2. The molecule has 0 bridgehead atoms. The SMILES string of the molecule is CC1SCCN(c2nc3c(cc2CN)CCCC3)C1C. The molecule has 1 saturated heterocycles. The van der Waals surface area contributed by atoms with Gasteiger partial charge in [0.2, 0.25) is 0 Å². The van der Waals surface area contributed by atoms with Crippen LogP contribution in [0, 0.1) is 0 Å². The summed E-state index contributed by atoms with van der Waals surface area (Å²) in [6.07, 6.45) is 4.90. The van der Waals surface area contributed by atoms with Crippen molar-refractivity contribution in [2.24, 2.45) is 5.73 Å². The Balaban J connectivity index is 1.99. The fourth-order valence-corrected chi connectivity index (χ4v) is 4.40. The summed E-state index contributed by atoms with van der Waals surface area (Å²) in [5.74, 6) is 2.35. The zero-order valence-corrected chi connectivity index (χ0v) is 13.4. The second kappa shape index (κ2) is 5.94. The lowest BCUT2D eigenvalue weighted by Crippen LogP contribution is -2.45. The van der Waals surface area contributed by atoms with Gasteiger partial charge in [-0.1, -0.05) is 6.92 Å². The number of hydrogen-bond acceptors (Lipinski definition) is 4. The molecule has 0 saturated carbocycles. The fraction of sp³-hybridized carbons (Fsp3) is 0.688. The molecule has 20 heavy (non-hydrogen) atoms. The van der Waals surface area contributed by atoms with E-state index in [1.165, 1.54) is 41.8 Å². The molecule has 1 aromatic heterocycles. The van der Waals surface area contributed by atoms with E-state index in [0.717, 1.165) is 18.8 Å². The van der Waals surface area contributed by atoms with Gasteiger partial charge in [-0.15, -0.1) is 0 Å². The molecular formula is C16H25N3S. The van der Waals surface area contributed by atoms with E-state index < -0.39 is 0 Å². The zero-order chi connectivity index (χ0) is 14.1. The quantitative estimate of drug-likeness (QED) is 0.910. The smallest absolute Gasteiger partial charge is 0.133 e. The van der Waals surface area contributed by atoms with Crippen LogP contribution in [0.1, 0.15) is 43.5 Å². The highest BCUT2D eigenvalue weighted by molar-refractivity contribution is 8.00. The van der Waals surface area contributed by atoms with Gasteiger partial charge in [-0.05, 0) is 44.2 Å². The maximum Gasteiger partial charge on any atom is 0.133 e. The second-order valence-electron chi connectivity index (χ2n) is 6.00. The van der Waals surface area contributed by atoms with Crippen LogP contribution in [0.2, 0.25) is 0 Å². The van der Waals surface area contributed by atoms with Crippen molar-refractivity contribution in [2.45, 2.75) is 57.4 Å². The molecule has 3 rings (SSSR count). The Bertz CT molecular complexity index is 489. The maximum absolute atomic E-state index is 6.00. The van der Waals surface area contributed by atoms with Gasteiger partial charge >= 0.3 is 0 Å². The van der Waals surface area contributed by atoms with E-state index in [-0.39, 0.29) is 0 Å². The molecule has 4 heteroatoms. The summed E-state index contributed by atoms with van der Waals surface area (Å²) in [5.41, 5.74) is 9.99. The molecule has 1 fully saturated rings. The molecule has 2 heterocycles. The number of thioether (sulfide) groups is 1. The average Bonchev–Trinajstić information content (AvgIpc) is 2.48. The Labute approximate surface area is 126 Å². The molecule has 0 amide bonds. The summed E-state index contributed by atoms with van der Waals surface area (Å²) >= 11 is 2.07. The molecule has 2 aliphatic rings. The van der Waals surface area contributed by atoms with E-state index in [9.17, 15) is 0 Å². The Morgan fingerprint density at radius 1 is 1.35 bits per heavy atom. The van der Waals surface area contributed by atoms with E-state index in [0.29, 0.717) is 17.8 Å². The molecule has 1 aliphatic carbocycles. The van der Waals surface area contributed by atoms with Crippen LogP contribution in [0.5, 0.6) is 0 Å². The Morgan fingerprint density at radius 2 is 2.15 bits per heavy atom. The van der Waals surface area contributed by atoms with E-state index in [1.54, 1.807) is 0 Å². The van der Waals surface area contributed by atoms with Crippen molar-refractivity contribution >= 4 is 17.6 Å². The Hall–Kier alpha value is -0.740. The minimum absolute atomic E-state index is 0.535. The predicted octanol–water partition coefficient (Wildman–Crippen LogP) is 2.75. The van der Waals surface area contributed by atoms with Crippen LogP contribution in [0.3, 0.4) is 0 Å². The van der Waals surface area contributed by atoms with Crippen molar-refractivity contribution in [3.8, 4) is 0 Å². The molecule has 1 aromatic rings. The number of fused-ring (bicyclic) bond motifs is 1. The first-order valence-electron chi connectivity index (χ1n) is 7.80. The fourth-order valence-electron chi connectivity index (χ4n) is 3.30. The summed E-state index contributed by atoms with van der Waals surface area (Å²) in [6.45, 7) is 6.33. The summed E-state index contributed by atoms with van der Waals surface area (Å²) in [4.78, 5) is 7.51. The lowest BCUT2D eigenvalue weighted by Gasteiger charge is -2.39. The summed E-state index contributed by atoms with van der Waals surface area (Å²) in [6, 6.07) is 2.86. The average molecular weight is 291 g/mol. The normalized spacial score (nSPS) is 26.4. The molecule has 1 aliphatic heterocycles. The summed E-state index contributed by atoms with van der Waals surface area (Å²) < 4.78 is 0. The highest BCUT2D eigenvalue weighted by atomic mass is 32.2. The predicted molar refractivity (Wildman–Crippen MR) is 87.5 cm³/mol. The van der Waals surface area contributed by atoms with Crippen molar-refractivity contribution in [1.82, 2.24) is 4.98 Å². The molecule has 0 spiro atoms. The highest BCUT2D eigenvalue weighted by Gasteiger charge is 2.28. The van der Waals surface area contributed by atoms with Crippen LogP contribution in [0.25, 0.3) is 0 Å². The number of anilines is 1. The van der Waals surface area contributed by atoms with Gasteiger partial charge < -0.3 is 10.6 Å². The van der Waals surface area contributed by atoms with Crippen LogP contribution in [0.15, 0.2) is 6.07 Å². The van der Waals surface area contributed by atoms with Crippen LogP contribution in [-0.4, -0.2) is 28.6 Å². The molecule has 2 unspecified atom stereocenters. The number of hydrogen-bond donors (Lipinski definition) is 1. The largest absolute Gasteiger partial charge is 0.352 e. The zero-order valence-electron chi connectivity index (χ0n) is 12.6. The molecule has 2 N–H and O–H groups in total. The maximum atomic E-state index is 6.00. The Kier molecular flexibility index (Phi) is 4.22. The number of nitrogens with zero attached hydrogens (tertiary/aromatic N) is 2. The summed E-state index contributed by atoms with van der Waals surface area (Å²) in [5, 5.41) is 0.659.